The van der Waals surface area contributed by atoms with Crippen LogP contribution in [0.2, 0.25) is 0 Å². The summed E-state index contributed by atoms with van der Waals surface area (Å²) in [7, 11) is 0. The van der Waals surface area contributed by atoms with Gasteiger partial charge in [-0.1, -0.05) is 0 Å². The number of anilines is 3. The molecule has 0 aromatic carbocycles. The molecule has 0 atom stereocenters. The van der Waals surface area contributed by atoms with Crippen molar-refractivity contribution in [3.05, 3.63) is 48.0 Å². The van der Waals surface area contributed by atoms with Gasteiger partial charge in [-0.05, 0) is 44.0 Å². The number of carbonyl (C=O) groups excluding carboxylic acids is 1. The maximum absolute atomic E-state index is 13.1. The molecule has 0 aliphatic carbocycles. The van der Waals surface area contributed by atoms with Crippen LogP contribution in [0.1, 0.15) is 24.3 Å². The summed E-state index contributed by atoms with van der Waals surface area (Å²) in [5.41, 5.74) is 3.32. The molecular weight excluding hydrogens is 488 g/mol. The Morgan fingerprint density at radius 1 is 1.05 bits per heavy atom. The number of pyridine rings is 2. The lowest BCUT2D eigenvalue weighted by Gasteiger charge is -2.31. The molecule has 6 heterocycles. The van der Waals surface area contributed by atoms with Crippen LogP contribution in [-0.2, 0) is 16.0 Å². The van der Waals surface area contributed by atoms with Crippen LogP contribution in [0.3, 0.4) is 0 Å². The average molecular weight is 519 g/mol. The van der Waals surface area contributed by atoms with Gasteiger partial charge < -0.3 is 33.8 Å². The summed E-state index contributed by atoms with van der Waals surface area (Å²) in [4.78, 5) is 30.8. The number of aliphatic hydroxyl groups is 1. The number of nitrogens with one attached hydrogen (secondary N) is 1. The van der Waals surface area contributed by atoms with Crippen LogP contribution in [0.4, 0.5) is 17.5 Å². The molecule has 0 unspecified atom stereocenters. The minimum Gasteiger partial charge on any atom is -0.461 e. The molecule has 4 aromatic heterocycles. The summed E-state index contributed by atoms with van der Waals surface area (Å²) >= 11 is 0. The molecule has 2 fully saturated rings. The summed E-state index contributed by atoms with van der Waals surface area (Å²) in [6, 6.07) is 9.76. The third-order valence-electron chi connectivity index (χ3n) is 6.85. The fourth-order valence-corrected chi connectivity index (χ4v) is 4.82. The fraction of sp³-hybridized carbons (Fsp3) is 0.407. The van der Waals surface area contributed by atoms with Gasteiger partial charge in [0.15, 0.2) is 11.4 Å². The van der Waals surface area contributed by atoms with Crippen molar-refractivity contribution < 1.29 is 23.5 Å². The lowest BCUT2D eigenvalue weighted by atomic mass is 10.1. The molecule has 38 heavy (non-hydrogen) atoms. The highest BCUT2D eigenvalue weighted by Gasteiger charge is 2.25. The van der Waals surface area contributed by atoms with Crippen LogP contribution >= 0.6 is 0 Å². The predicted molar refractivity (Wildman–Crippen MR) is 141 cm³/mol. The van der Waals surface area contributed by atoms with Gasteiger partial charge in [-0.15, -0.1) is 0 Å². The second-order valence-electron chi connectivity index (χ2n) is 9.67. The average Bonchev–Trinajstić information content (AvgIpc) is 3.56. The number of carbonyl (C=O) groups is 1. The number of fused-ring (bicyclic) bond motifs is 1. The Morgan fingerprint density at radius 3 is 2.66 bits per heavy atom. The largest absolute Gasteiger partial charge is 0.461 e. The summed E-state index contributed by atoms with van der Waals surface area (Å²) in [5.74, 6) is 1.63. The quantitative estimate of drug-likeness (QED) is 0.392. The van der Waals surface area contributed by atoms with Crippen LogP contribution in [-0.4, -0.2) is 71.5 Å². The number of ether oxygens (including phenoxy) is 1. The summed E-state index contributed by atoms with van der Waals surface area (Å²) in [5, 5.41) is 13.0. The Labute approximate surface area is 219 Å². The van der Waals surface area contributed by atoms with Crippen molar-refractivity contribution in [1.29, 1.82) is 0 Å². The standard InChI is InChI=1S/C27H30N6O5/c1-17-14-18(4-7-28-17)22-3-2-20(37-22)15-24(35)29-21-16-23-25(30-26(21)32-8-5-19(34)6-9-32)31-27(38-23)33-10-12-36-13-11-33/h2-4,7,14,16,19,34H,5-6,8-13,15H2,1H3,(H,29,35). The molecule has 2 saturated heterocycles. The van der Waals surface area contributed by atoms with Crippen molar-refractivity contribution in [1.82, 2.24) is 15.0 Å². The molecule has 198 valence electrons. The van der Waals surface area contributed by atoms with E-state index in [0.29, 0.717) is 92.5 Å². The number of piperidine rings is 1. The van der Waals surface area contributed by atoms with Gasteiger partial charge in [0.1, 0.15) is 11.5 Å². The van der Waals surface area contributed by atoms with E-state index in [0.717, 1.165) is 11.3 Å². The van der Waals surface area contributed by atoms with E-state index in [2.05, 4.69) is 20.2 Å². The van der Waals surface area contributed by atoms with E-state index in [4.69, 9.17) is 18.6 Å². The first kappa shape index (κ1) is 24.4. The SMILES string of the molecule is Cc1cc(-c2ccc(CC(=O)Nc3cc4oc(N5CCOCC5)nc4nc3N3CCC(O)CC3)o2)ccn1. The second-order valence-corrected chi connectivity index (χ2v) is 9.67. The van der Waals surface area contributed by atoms with Gasteiger partial charge in [-0.2, -0.15) is 4.98 Å². The molecule has 2 aliphatic heterocycles. The number of hydrogen-bond donors (Lipinski definition) is 2. The Morgan fingerprint density at radius 2 is 1.87 bits per heavy atom. The van der Waals surface area contributed by atoms with Gasteiger partial charge in [-0.3, -0.25) is 9.78 Å². The molecular formula is C27H30N6O5. The van der Waals surface area contributed by atoms with Gasteiger partial charge in [0, 0.05) is 49.7 Å². The third kappa shape index (κ3) is 5.20. The second kappa shape index (κ2) is 10.4. The molecule has 0 radical (unpaired) electrons. The van der Waals surface area contributed by atoms with Crippen molar-refractivity contribution in [3.8, 4) is 11.3 Å². The number of rotatable bonds is 6. The number of morpholine rings is 1. The van der Waals surface area contributed by atoms with Crippen molar-refractivity contribution >= 4 is 34.7 Å². The zero-order chi connectivity index (χ0) is 26.1. The molecule has 6 rings (SSSR count). The van der Waals surface area contributed by atoms with Gasteiger partial charge in [-0.25, -0.2) is 4.98 Å². The van der Waals surface area contributed by atoms with Crippen LogP contribution < -0.4 is 15.1 Å². The van der Waals surface area contributed by atoms with E-state index in [1.54, 1.807) is 12.3 Å². The van der Waals surface area contributed by atoms with Crippen LogP contribution in [0.5, 0.6) is 0 Å². The van der Waals surface area contributed by atoms with E-state index >= 15 is 0 Å². The van der Waals surface area contributed by atoms with Crippen molar-refractivity contribution in [2.24, 2.45) is 0 Å². The number of amides is 1. The lowest BCUT2D eigenvalue weighted by molar-refractivity contribution is -0.115. The molecule has 2 N–H and O–H groups in total. The first-order valence-electron chi connectivity index (χ1n) is 12.9. The normalized spacial score (nSPS) is 16.8. The zero-order valence-corrected chi connectivity index (χ0v) is 21.2. The van der Waals surface area contributed by atoms with Crippen molar-refractivity contribution in [3.63, 3.8) is 0 Å². The zero-order valence-electron chi connectivity index (χ0n) is 21.2. The minimum absolute atomic E-state index is 0.0652. The molecule has 11 heteroatoms. The molecule has 0 spiro atoms. The summed E-state index contributed by atoms with van der Waals surface area (Å²) < 4.78 is 17.4. The van der Waals surface area contributed by atoms with Crippen molar-refractivity contribution in [2.75, 3.05) is 54.5 Å². The van der Waals surface area contributed by atoms with E-state index < -0.39 is 0 Å². The topological polar surface area (TPSA) is 130 Å². The van der Waals surface area contributed by atoms with Gasteiger partial charge in [0.25, 0.3) is 6.01 Å². The summed E-state index contributed by atoms with van der Waals surface area (Å²) in [6.45, 7) is 5.79. The Kier molecular flexibility index (Phi) is 6.69. The highest BCUT2D eigenvalue weighted by Crippen LogP contribution is 2.32. The predicted octanol–water partition coefficient (Wildman–Crippen LogP) is 3.17. The molecule has 0 saturated carbocycles. The van der Waals surface area contributed by atoms with Crippen LogP contribution in [0, 0.1) is 6.92 Å². The number of nitrogens with zero attached hydrogens (tertiary/aromatic N) is 5. The molecule has 11 nitrogen and oxygen atoms in total. The van der Waals surface area contributed by atoms with Crippen molar-refractivity contribution in [2.45, 2.75) is 32.3 Å². The maximum atomic E-state index is 13.1. The van der Waals surface area contributed by atoms with Gasteiger partial charge in [0.2, 0.25) is 11.6 Å². The number of oxazole rings is 1. The highest BCUT2D eigenvalue weighted by atomic mass is 16.5. The number of hydrogen-bond acceptors (Lipinski definition) is 10. The smallest absolute Gasteiger partial charge is 0.300 e. The van der Waals surface area contributed by atoms with E-state index in [1.807, 2.05) is 36.1 Å². The lowest BCUT2D eigenvalue weighted by Crippen LogP contribution is -2.37. The molecule has 1 amide bonds. The van der Waals surface area contributed by atoms with Gasteiger partial charge >= 0.3 is 0 Å². The fourth-order valence-electron chi connectivity index (χ4n) is 4.82. The first-order valence-corrected chi connectivity index (χ1v) is 12.9. The number of furan rings is 1. The molecule has 2 aliphatic rings. The number of aliphatic hydroxyl groups excluding tert-OH is 1. The van der Waals surface area contributed by atoms with Gasteiger partial charge in [0.05, 0.1) is 31.4 Å². The monoisotopic (exact) mass is 518 g/mol. The molecule has 4 aromatic rings. The Balaban J connectivity index is 1.25. The van der Waals surface area contributed by atoms with E-state index in [1.165, 1.54) is 0 Å². The highest BCUT2D eigenvalue weighted by molar-refractivity contribution is 5.97. The Bertz CT molecular complexity index is 1440. The molecule has 0 bridgehead atoms. The number of aromatic nitrogens is 3. The van der Waals surface area contributed by atoms with Crippen LogP contribution in [0.25, 0.3) is 22.6 Å². The third-order valence-corrected chi connectivity index (χ3v) is 6.85. The van der Waals surface area contributed by atoms with Crippen LogP contribution in [0.15, 0.2) is 45.4 Å². The Hall–Kier alpha value is -3.96. The summed E-state index contributed by atoms with van der Waals surface area (Å²) in [6.07, 6.45) is 2.74. The number of aryl methyl sites for hydroxylation is 1. The van der Waals surface area contributed by atoms with E-state index in [9.17, 15) is 9.90 Å². The first-order chi connectivity index (χ1) is 18.5. The minimum atomic E-state index is -0.328. The van der Waals surface area contributed by atoms with E-state index in [-0.39, 0.29) is 18.4 Å². The maximum Gasteiger partial charge on any atom is 0.300 e.